The third-order valence-corrected chi connectivity index (χ3v) is 11.7. The number of carbonyl (C=O) groups is 5. The summed E-state index contributed by atoms with van der Waals surface area (Å²) in [7, 11) is 0. The van der Waals surface area contributed by atoms with Crippen LogP contribution in [0.1, 0.15) is 48.9 Å². The number of thioether (sulfide) groups is 1. The molecule has 5 heterocycles. The number of carboxylic acid groups (broad SMARTS) is 1. The minimum absolute atomic E-state index is 0.0912. The molecule has 2 aromatic heterocycles. The van der Waals surface area contributed by atoms with Crippen molar-refractivity contribution in [1.82, 2.24) is 25.4 Å². The quantitative estimate of drug-likeness (QED) is 0.0553. The smallest absolute Gasteiger partial charge is 0.352 e. The number of carboxylic acids is 1. The van der Waals surface area contributed by atoms with Gasteiger partial charge in [-0.15, -0.1) is 23.1 Å². The number of nitrogens with one attached hydrogen (secondary N) is 2. The topological polar surface area (TPSA) is 221 Å². The number of phenols is 1. The molecule has 6 N–H and O–H groups in total. The van der Waals surface area contributed by atoms with Gasteiger partial charge in [0, 0.05) is 48.5 Å². The molecule has 2 atom stereocenters. The Kier molecular flexibility index (Phi) is 11.1. The first-order valence-corrected chi connectivity index (χ1v) is 19.7. The van der Waals surface area contributed by atoms with E-state index in [2.05, 4.69) is 20.8 Å². The summed E-state index contributed by atoms with van der Waals surface area (Å²) in [6.45, 7) is 1.12. The summed E-state index contributed by atoms with van der Waals surface area (Å²) in [6, 6.07) is 9.31. The van der Waals surface area contributed by atoms with Gasteiger partial charge in [-0.05, 0) is 67.0 Å². The molecule has 18 heteroatoms. The third-order valence-electron chi connectivity index (χ3n) is 9.68. The Morgan fingerprint density at radius 3 is 2.62 bits per heavy atom. The number of pyridine rings is 1. The van der Waals surface area contributed by atoms with Gasteiger partial charge < -0.3 is 36.3 Å². The molecule has 7 rings (SSSR count). The summed E-state index contributed by atoms with van der Waals surface area (Å²) in [5, 5.41) is 30.6. The molecular weight excluding hydrogens is 749 g/mol. The highest BCUT2D eigenvalue weighted by molar-refractivity contribution is 8.00. The van der Waals surface area contributed by atoms with Crippen molar-refractivity contribution in [2.24, 2.45) is 5.16 Å². The third kappa shape index (κ3) is 8.49. The lowest BCUT2D eigenvalue weighted by atomic mass is 10.0. The average Bonchev–Trinajstić information content (AvgIpc) is 3.93. The Labute approximate surface area is 323 Å². The van der Waals surface area contributed by atoms with E-state index in [4.69, 9.17) is 10.6 Å². The van der Waals surface area contributed by atoms with Crippen LogP contribution >= 0.6 is 23.1 Å². The summed E-state index contributed by atoms with van der Waals surface area (Å²) < 4.78 is 1.72. The summed E-state index contributed by atoms with van der Waals surface area (Å²) >= 11 is 2.43. The number of likely N-dealkylation sites (tertiary alicyclic amines) is 1. The molecule has 1 aliphatic carbocycles. The van der Waals surface area contributed by atoms with Gasteiger partial charge in [-0.1, -0.05) is 17.3 Å². The number of aromatic nitrogens is 2. The number of nitrogens with two attached hydrogens (primary N) is 1. The maximum Gasteiger partial charge on any atom is 0.352 e. The zero-order valence-electron chi connectivity index (χ0n) is 29.6. The van der Waals surface area contributed by atoms with Crippen LogP contribution in [0.3, 0.4) is 0 Å². The van der Waals surface area contributed by atoms with Crippen LogP contribution in [0, 0.1) is 0 Å². The van der Waals surface area contributed by atoms with Crippen LogP contribution in [-0.4, -0.2) is 90.1 Å². The van der Waals surface area contributed by atoms with Crippen molar-refractivity contribution < 1.29 is 43.6 Å². The monoisotopic (exact) mass is 787 g/mol. The molecule has 3 aromatic rings. The maximum atomic E-state index is 13.4. The highest BCUT2D eigenvalue weighted by Gasteiger charge is 2.54. The summed E-state index contributed by atoms with van der Waals surface area (Å²) in [6.07, 6.45) is 9.01. The minimum Gasteiger partial charge on any atom is -0.508 e. The first-order valence-electron chi connectivity index (χ1n) is 17.7. The van der Waals surface area contributed by atoms with E-state index in [0.29, 0.717) is 30.7 Å². The molecule has 3 aliphatic heterocycles. The number of carbonyl (C=O) groups excluding carboxylic acids is 4. The van der Waals surface area contributed by atoms with Crippen LogP contribution in [0.15, 0.2) is 82.2 Å². The van der Waals surface area contributed by atoms with Gasteiger partial charge in [0.1, 0.15) is 34.7 Å². The van der Waals surface area contributed by atoms with Crippen LogP contribution in [0.4, 0.5) is 5.13 Å². The molecule has 4 aliphatic rings. The molecule has 1 aromatic carbocycles. The van der Waals surface area contributed by atoms with E-state index in [1.165, 1.54) is 11.8 Å². The van der Waals surface area contributed by atoms with Gasteiger partial charge >= 0.3 is 5.97 Å². The Hall–Kier alpha value is -5.75. The average molecular weight is 788 g/mol. The number of hydrogen-bond acceptors (Lipinski definition) is 12. The van der Waals surface area contributed by atoms with Crippen molar-refractivity contribution in [2.75, 3.05) is 18.0 Å². The lowest BCUT2D eigenvalue weighted by Gasteiger charge is -2.49. The summed E-state index contributed by atoms with van der Waals surface area (Å²) in [4.78, 5) is 77.9. The second-order valence-electron chi connectivity index (χ2n) is 13.5. The number of aliphatic carboxylic acids is 1. The van der Waals surface area contributed by atoms with E-state index in [1.54, 1.807) is 51.5 Å². The number of nitrogen functional groups attached to an aromatic ring is 1. The van der Waals surface area contributed by atoms with E-state index < -0.39 is 29.2 Å². The molecule has 0 spiro atoms. The number of β-lactam (4-membered cyclic amide) rings is 1. The standard InChI is InChI=1S/C37H38N8O8S2/c38-37-40-27(20-55-37)29(42-53-26-6-1-2-7-26)32(48)41-30-34(50)45-31(36(51)52)24(19-54-35(30)45)15-23-10-13-44(33(23)49)17-21-8-11-43(12-9-21)18-28(47)39-16-22-4-3-5-25(46)14-22/h3-5,8-9,11-12,14-15,20,26,30,35H,1-2,6-7,10,13,16-19H2,(H5-,38,39,40,41,46,47,48,51,52)/p+1/b23-15+,42-29-/t30-,35-/m1/s1. The molecule has 2 saturated heterocycles. The number of anilines is 1. The molecule has 286 valence electrons. The van der Waals surface area contributed by atoms with E-state index in [-0.39, 0.29) is 64.7 Å². The van der Waals surface area contributed by atoms with Crippen LogP contribution in [0.5, 0.6) is 5.75 Å². The first-order chi connectivity index (χ1) is 26.5. The van der Waals surface area contributed by atoms with E-state index in [1.807, 2.05) is 18.2 Å². The number of phenolic OH excluding ortho intramolecular Hbond substituents is 1. The van der Waals surface area contributed by atoms with Crippen LogP contribution in [0.25, 0.3) is 0 Å². The highest BCUT2D eigenvalue weighted by atomic mass is 32.2. The Balaban J connectivity index is 0.965. The molecule has 16 nitrogen and oxygen atoms in total. The second kappa shape index (κ2) is 16.3. The number of rotatable bonds is 13. The van der Waals surface area contributed by atoms with Crippen molar-refractivity contribution in [1.29, 1.82) is 0 Å². The normalized spacial score (nSPS) is 20.8. The molecule has 0 radical (unpaired) electrons. The van der Waals surface area contributed by atoms with E-state index in [0.717, 1.165) is 53.0 Å². The van der Waals surface area contributed by atoms with E-state index >= 15 is 0 Å². The highest BCUT2D eigenvalue weighted by Crippen LogP contribution is 2.41. The van der Waals surface area contributed by atoms with Crippen molar-refractivity contribution >= 4 is 63.5 Å². The fourth-order valence-electron chi connectivity index (χ4n) is 6.86. The molecule has 0 bridgehead atoms. The zero-order valence-corrected chi connectivity index (χ0v) is 31.2. The lowest BCUT2D eigenvalue weighted by Crippen LogP contribution is -2.71. The minimum atomic E-state index is -1.31. The van der Waals surface area contributed by atoms with Gasteiger partial charge in [-0.2, -0.15) is 4.57 Å². The van der Waals surface area contributed by atoms with Crippen LogP contribution in [0.2, 0.25) is 0 Å². The van der Waals surface area contributed by atoms with Crippen molar-refractivity contribution in [3.8, 4) is 5.75 Å². The number of oxime groups is 1. The fourth-order valence-corrected chi connectivity index (χ4v) is 8.71. The molecule has 55 heavy (non-hydrogen) atoms. The molecule has 0 unspecified atom stereocenters. The number of hydrogen-bond donors (Lipinski definition) is 5. The number of fused-ring (bicyclic) bond motifs is 1. The van der Waals surface area contributed by atoms with Crippen molar-refractivity contribution in [3.05, 3.63) is 93.9 Å². The predicted molar refractivity (Wildman–Crippen MR) is 201 cm³/mol. The lowest BCUT2D eigenvalue weighted by molar-refractivity contribution is -0.684. The Bertz CT molecular complexity index is 2110. The zero-order chi connectivity index (χ0) is 38.6. The van der Waals surface area contributed by atoms with Crippen LogP contribution < -0.4 is 20.9 Å². The van der Waals surface area contributed by atoms with Gasteiger partial charge in [-0.25, -0.2) is 9.78 Å². The fraction of sp³-hybridized carbons (Fsp3) is 0.351. The molecular formula is C37H39N8O8S2+. The predicted octanol–water partition coefficient (Wildman–Crippen LogP) is 1.80. The molecule has 3 fully saturated rings. The van der Waals surface area contributed by atoms with Crippen molar-refractivity contribution in [3.63, 3.8) is 0 Å². The summed E-state index contributed by atoms with van der Waals surface area (Å²) in [5.41, 5.74) is 8.09. The van der Waals surface area contributed by atoms with E-state index in [9.17, 15) is 34.2 Å². The largest absolute Gasteiger partial charge is 0.508 e. The first kappa shape index (κ1) is 37.6. The van der Waals surface area contributed by atoms with Crippen molar-refractivity contribution in [2.45, 2.75) is 69.3 Å². The number of benzene rings is 1. The van der Waals surface area contributed by atoms with Gasteiger partial charge in [0.15, 0.2) is 23.2 Å². The number of thiazole rings is 1. The van der Waals surface area contributed by atoms with Crippen LogP contribution in [-0.2, 0) is 48.4 Å². The molecule has 1 saturated carbocycles. The second-order valence-corrected chi connectivity index (χ2v) is 15.5. The van der Waals surface area contributed by atoms with Gasteiger partial charge in [0.25, 0.3) is 17.7 Å². The Morgan fingerprint density at radius 1 is 1.13 bits per heavy atom. The maximum absolute atomic E-state index is 13.4. The SMILES string of the molecule is Nc1nc(/C(=N/OC2CCCC2)C(=O)N[C@@H]2C(=O)N3C(C(=O)O)=C(/C=C4\CCN(Cc5cc[n+](CC(=O)NCc6cccc(O)c6)cc5)C4=O)CS[C@H]23)cs1. The number of nitrogens with zero attached hydrogens (tertiary/aromatic N) is 5. The summed E-state index contributed by atoms with van der Waals surface area (Å²) in [5.74, 6) is -2.70. The van der Waals surface area contributed by atoms with Gasteiger partial charge in [0.2, 0.25) is 12.5 Å². The van der Waals surface area contributed by atoms with Gasteiger partial charge in [0.05, 0.1) is 0 Å². The van der Waals surface area contributed by atoms with Gasteiger partial charge in [-0.3, -0.25) is 24.1 Å². The Morgan fingerprint density at radius 2 is 1.91 bits per heavy atom. The number of allylic oxidation sites excluding steroid dienone is 1. The number of amides is 4. The molecule has 4 amide bonds. The number of aromatic hydroxyl groups is 1.